The van der Waals surface area contributed by atoms with Crippen molar-refractivity contribution < 1.29 is 32.6 Å². The number of fused-ring (bicyclic) bond motifs is 1. The number of hydrogen-bond acceptors (Lipinski definition) is 5. The number of carbonyl (C=O) groups is 2. The number of thiophene rings is 1. The van der Waals surface area contributed by atoms with Gasteiger partial charge in [0, 0.05) is 0 Å². The van der Waals surface area contributed by atoms with E-state index in [0.717, 1.165) is 36.3 Å². The van der Waals surface area contributed by atoms with Crippen molar-refractivity contribution in [3.63, 3.8) is 0 Å². The number of esters is 1. The molecule has 4 nitrogen and oxygen atoms in total. The van der Waals surface area contributed by atoms with Crippen LogP contribution in [0.5, 0.6) is 0 Å². The van der Waals surface area contributed by atoms with Gasteiger partial charge in [0.15, 0.2) is 11.4 Å². The highest BCUT2D eigenvalue weighted by atomic mass is 35.5. The molecule has 3 rings (SSSR count). The van der Waals surface area contributed by atoms with Crippen LogP contribution >= 0.6 is 46.1 Å². The summed E-state index contributed by atoms with van der Waals surface area (Å²) in [7, 11) is 1.19. The van der Waals surface area contributed by atoms with Crippen molar-refractivity contribution in [1.82, 2.24) is 0 Å². The summed E-state index contributed by atoms with van der Waals surface area (Å²) in [6, 6.07) is 1.67. The number of benzene rings is 1. The van der Waals surface area contributed by atoms with Crippen LogP contribution < -0.4 is 0 Å². The Morgan fingerprint density at radius 1 is 1.06 bits per heavy atom. The molecule has 11 heteroatoms. The molecule has 0 saturated carbocycles. The van der Waals surface area contributed by atoms with Crippen LogP contribution in [-0.2, 0) is 23.2 Å². The number of alkyl halides is 3. The lowest BCUT2D eigenvalue weighted by Crippen LogP contribution is -2.44. The first kappa shape index (κ1) is 24.3. The van der Waals surface area contributed by atoms with Crippen molar-refractivity contribution in [2.75, 3.05) is 7.11 Å². The molecule has 0 spiro atoms. The smallest absolute Gasteiger partial charge is 0.421 e. The Hall–Kier alpha value is -1.32. The molecule has 0 fully saturated rings. The van der Waals surface area contributed by atoms with Gasteiger partial charge in [-0.05, 0) is 54.5 Å². The fourth-order valence-electron chi connectivity index (χ4n) is 3.59. The molecule has 1 atom stereocenters. The van der Waals surface area contributed by atoms with E-state index in [0.29, 0.717) is 24.0 Å². The van der Waals surface area contributed by atoms with Gasteiger partial charge in [0.2, 0.25) is 0 Å². The van der Waals surface area contributed by atoms with E-state index in [1.54, 1.807) is 0 Å². The van der Waals surface area contributed by atoms with E-state index in [4.69, 9.17) is 39.5 Å². The lowest BCUT2D eigenvalue weighted by atomic mass is 9.85. The van der Waals surface area contributed by atoms with Crippen LogP contribution in [0.15, 0.2) is 12.1 Å². The number of ether oxygens (including phenoxy) is 1. The average Bonchev–Trinajstić information content (AvgIpc) is 3.10. The summed E-state index contributed by atoms with van der Waals surface area (Å²) in [6.07, 6.45) is -4.03. The molecule has 0 aliphatic heterocycles. The average molecular weight is 516 g/mol. The van der Waals surface area contributed by atoms with E-state index < -0.39 is 35.5 Å². The monoisotopic (exact) mass is 514 g/mol. The van der Waals surface area contributed by atoms with Gasteiger partial charge in [0.05, 0.1) is 33.5 Å². The van der Waals surface area contributed by atoms with E-state index >= 15 is 0 Å². The van der Waals surface area contributed by atoms with Gasteiger partial charge in [-0.1, -0.05) is 34.8 Å². The minimum atomic E-state index is -5.22. The lowest BCUT2D eigenvalue weighted by Gasteiger charge is -2.31. The van der Waals surface area contributed by atoms with Crippen LogP contribution in [-0.4, -0.2) is 30.1 Å². The third-order valence-electron chi connectivity index (χ3n) is 5.19. The summed E-state index contributed by atoms with van der Waals surface area (Å²) in [6.45, 7) is 0. The number of hydrogen-bond donors (Lipinski definition) is 1. The summed E-state index contributed by atoms with van der Waals surface area (Å²) in [5.41, 5.74) is -3.09. The van der Waals surface area contributed by atoms with Gasteiger partial charge >= 0.3 is 12.1 Å². The maximum atomic E-state index is 14.0. The number of aliphatic hydroxyl groups is 1. The molecular weight excluding hydrogens is 500 g/mol. The van der Waals surface area contributed by atoms with Crippen LogP contribution in [0.25, 0.3) is 0 Å². The van der Waals surface area contributed by atoms with E-state index in [1.807, 2.05) is 0 Å². The molecule has 1 aliphatic rings. The van der Waals surface area contributed by atoms with E-state index in [-0.39, 0.29) is 24.8 Å². The molecule has 1 aromatic heterocycles. The van der Waals surface area contributed by atoms with Crippen molar-refractivity contribution in [2.45, 2.75) is 43.9 Å². The number of carbonyl (C=O) groups excluding carboxylic acids is 2. The first-order valence-corrected chi connectivity index (χ1v) is 11.1. The molecule has 0 saturated heterocycles. The zero-order valence-electron chi connectivity index (χ0n) is 16.0. The predicted octanol–water partition coefficient (Wildman–Crippen LogP) is 6.40. The normalized spacial score (nSPS) is 15.9. The first-order valence-electron chi connectivity index (χ1n) is 9.11. The summed E-state index contributed by atoms with van der Waals surface area (Å²) >= 11 is 18.3. The number of rotatable bonds is 5. The van der Waals surface area contributed by atoms with Crippen LogP contribution in [0, 0.1) is 0 Å². The summed E-state index contributed by atoms with van der Waals surface area (Å²) in [5, 5.41) is 9.91. The zero-order chi connectivity index (χ0) is 23.1. The largest absolute Gasteiger partial charge is 0.465 e. The standard InChI is InChI=1S/C20H16Cl3F3O4S/c1-30-18(28)17-11-5-3-2-4-10(11)16(31-17)14(27)8-19(29,20(24,25)26)9-6-12(21)15(23)13(22)7-9/h6-7,29H,2-5,8H2,1H3. The molecule has 0 amide bonds. The molecular formula is C20H16Cl3F3O4S. The highest BCUT2D eigenvalue weighted by Crippen LogP contribution is 2.46. The SMILES string of the molecule is COC(=O)c1sc(C(=O)CC(O)(c2cc(Cl)c(Cl)c(Cl)c2)C(F)(F)F)c2c1CCCC2. The van der Waals surface area contributed by atoms with E-state index in [9.17, 15) is 27.9 Å². The molecule has 0 bridgehead atoms. The highest BCUT2D eigenvalue weighted by Gasteiger charge is 2.56. The number of methoxy groups -OCH3 is 1. The Morgan fingerprint density at radius 3 is 2.06 bits per heavy atom. The van der Waals surface area contributed by atoms with Crippen LogP contribution in [0.4, 0.5) is 13.2 Å². The molecule has 2 aromatic rings. The lowest BCUT2D eigenvalue weighted by molar-refractivity contribution is -0.264. The zero-order valence-corrected chi connectivity index (χ0v) is 19.1. The van der Waals surface area contributed by atoms with Crippen LogP contribution in [0.2, 0.25) is 15.1 Å². The fraction of sp³-hybridized carbons (Fsp3) is 0.400. The molecule has 1 unspecified atom stereocenters. The maximum Gasteiger partial charge on any atom is 0.421 e. The van der Waals surface area contributed by atoms with Gasteiger partial charge in [-0.3, -0.25) is 4.79 Å². The molecule has 168 valence electrons. The third-order valence-corrected chi connectivity index (χ3v) is 7.68. The second kappa shape index (κ2) is 8.90. The highest BCUT2D eigenvalue weighted by molar-refractivity contribution is 7.16. The summed E-state index contributed by atoms with van der Waals surface area (Å²) in [4.78, 5) is 25.3. The quantitative estimate of drug-likeness (QED) is 0.284. The molecule has 1 heterocycles. The van der Waals surface area contributed by atoms with Crippen molar-refractivity contribution >= 4 is 57.9 Å². The Bertz CT molecular complexity index is 1030. The van der Waals surface area contributed by atoms with Gasteiger partial charge in [-0.2, -0.15) is 13.2 Å². The molecule has 31 heavy (non-hydrogen) atoms. The summed E-state index contributed by atoms with van der Waals surface area (Å²) < 4.78 is 46.6. The van der Waals surface area contributed by atoms with Crippen LogP contribution in [0.1, 0.15) is 55.3 Å². The maximum absolute atomic E-state index is 14.0. The van der Waals surface area contributed by atoms with Gasteiger partial charge in [0.25, 0.3) is 0 Å². The van der Waals surface area contributed by atoms with Crippen molar-refractivity contribution in [1.29, 1.82) is 0 Å². The van der Waals surface area contributed by atoms with Gasteiger partial charge in [0.1, 0.15) is 4.88 Å². The second-order valence-corrected chi connectivity index (χ2v) is 9.34. The molecule has 1 N–H and O–H groups in total. The molecule has 0 radical (unpaired) electrons. The molecule has 1 aromatic carbocycles. The van der Waals surface area contributed by atoms with Gasteiger partial charge in [-0.25, -0.2) is 4.79 Å². The fourth-order valence-corrected chi connectivity index (χ4v) is 5.44. The minimum absolute atomic E-state index is 0.0175. The Labute approximate surface area is 194 Å². The second-order valence-electron chi connectivity index (χ2n) is 7.13. The topological polar surface area (TPSA) is 63.6 Å². The third kappa shape index (κ3) is 4.46. The Morgan fingerprint density at radius 2 is 1.58 bits per heavy atom. The first-order chi connectivity index (χ1) is 14.4. The number of halogens is 6. The van der Waals surface area contributed by atoms with E-state index in [2.05, 4.69) is 0 Å². The van der Waals surface area contributed by atoms with Gasteiger partial charge in [-0.15, -0.1) is 11.3 Å². The number of Topliss-reactive ketones (excluding diaryl/α,β-unsaturated/α-hetero) is 1. The summed E-state index contributed by atoms with van der Waals surface area (Å²) in [5.74, 6) is -1.59. The molecule has 1 aliphatic carbocycles. The predicted molar refractivity (Wildman–Crippen MR) is 113 cm³/mol. The minimum Gasteiger partial charge on any atom is -0.465 e. The van der Waals surface area contributed by atoms with Crippen molar-refractivity contribution in [3.8, 4) is 0 Å². The van der Waals surface area contributed by atoms with E-state index in [1.165, 1.54) is 7.11 Å². The van der Waals surface area contributed by atoms with Crippen molar-refractivity contribution in [3.05, 3.63) is 53.6 Å². The Balaban J connectivity index is 2.07. The van der Waals surface area contributed by atoms with Gasteiger partial charge < -0.3 is 9.84 Å². The Kier molecular flexibility index (Phi) is 6.99. The number of ketones is 1. The van der Waals surface area contributed by atoms with Crippen molar-refractivity contribution in [2.24, 2.45) is 0 Å². The van der Waals surface area contributed by atoms with Crippen LogP contribution in [0.3, 0.4) is 0 Å².